The van der Waals surface area contributed by atoms with Crippen LogP contribution < -0.4 is 0 Å². The number of fused-ring (bicyclic) bond motifs is 9. The number of hydrogen-bond donors (Lipinski definition) is 0. The van der Waals surface area contributed by atoms with E-state index in [1.54, 1.807) is 0 Å². The highest BCUT2D eigenvalue weighted by molar-refractivity contribution is 5.81. The predicted molar refractivity (Wildman–Crippen MR) is 82.4 cm³/mol. The van der Waals surface area contributed by atoms with E-state index in [9.17, 15) is 4.79 Å². The van der Waals surface area contributed by atoms with Crippen LogP contribution in [-0.4, -0.2) is 12.1 Å². The fourth-order valence-electron chi connectivity index (χ4n) is 6.98. The van der Waals surface area contributed by atoms with E-state index in [1.165, 1.54) is 18.9 Å². The second-order valence-corrected chi connectivity index (χ2v) is 9.12. The molecule has 0 heterocycles. The van der Waals surface area contributed by atoms with Crippen molar-refractivity contribution in [2.24, 2.45) is 46.3 Å². The third-order valence-electron chi connectivity index (χ3n) is 8.46. The molecule has 21 heavy (non-hydrogen) atoms. The third-order valence-corrected chi connectivity index (χ3v) is 8.46. The molecule has 0 N–H and O–H groups in total. The van der Waals surface area contributed by atoms with Crippen LogP contribution in [0.5, 0.6) is 0 Å². The van der Waals surface area contributed by atoms with Crippen LogP contribution in [-0.2, 0) is 9.53 Å². The minimum atomic E-state index is -0.230. The van der Waals surface area contributed by atoms with E-state index in [0.717, 1.165) is 36.0 Å². The van der Waals surface area contributed by atoms with Crippen LogP contribution in [0.25, 0.3) is 0 Å². The fourth-order valence-corrected chi connectivity index (χ4v) is 6.98. The quantitative estimate of drug-likeness (QED) is 0.435. The largest absolute Gasteiger partial charge is 0.459 e. The number of carbonyl (C=O) groups excluding carboxylic acids is 1. The molecule has 116 valence electrons. The Kier molecular flexibility index (Phi) is 2.60. The summed E-state index contributed by atoms with van der Waals surface area (Å²) < 4.78 is 5.67. The van der Waals surface area contributed by atoms with Gasteiger partial charge >= 0.3 is 5.97 Å². The maximum absolute atomic E-state index is 11.6. The first-order valence-corrected chi connectivity index (χ1v) is 8.62. The SMILES string of the molecule is C=CC(=O)OC1CC2CC1C1C2C2CC1C(C)(C)C2(C)C. The van der Waals surface area contributed by atoms with E-state index in [4.69, 9.17) is 4.74 Å². The maximum Gasteiger partial charge on any atom is 0.330 e. The van der Waals surface area contributed by atoms with Crippen molar-refractivity contribution in [1.82, 2.24) is 0 Å². The minimum Gasteiger partial charge on any atom is -0.459 e. The van der Waals surface area contributed by atoms with Gasteiger partial charge in [0.2, 0.25) is 0 Å². The molecule has 4 rings (SSSR count). The standard InChI is InChI=1S/C19H28O2/c1-6-15(20)21-14-8-10-7-11(14)17-13-9-12(16(10)17)18(2,3)19(13,4)5/h6,10-14,16-17H,1,7-9H2,2-5H3. The first-order valence-electron chi connectivity index (χ1n) is 8.62. The number of carbonyl (C=O) groups is 1. The van der Waals surface area contributed by atoms with Gasteiger partial charge in [-0.05, 0) is 65.6 Å². The van der Waals surface area contributed by atoms with Gasteiger partial charge in [-0.15, -0.1) is 0 Å². The molecule has 4 saturated carbocycles. The molecule has 0 aromatic carbocycles. The van der Waals surface area contributed by atoms with E-state index in [0.29, 0.717) is 16.7 Å². The second kappa shape index (κ2) is 3.94. The normalized spacial score (nSPS) is 51.0. The lowest BCUT2D eigenvalue weighted by molar-refractivity contribution is -0.151. The van der Waals surface area contributed by atoms with Gasteiger partial charge in [-0.1, -0.05) is 34.3 Å². The zero-order chi connectivity index (χ0) is 15.2. The molecule has 4 bridgehead atoms. The van der Waals surface area contributed by atoms with Crippen molar-refractivity contribution in [2.75, 3.05) is 0 Å². The van der Waals surface area contributed by atoms with Crippen molar-refractivity contribution >= 4 is 5.97 Å². The van der Waals surface area contributed by atoms with E-state index in [2.05, 4.69) is 34.3 Å². The van der Waals surface area contributed by atoms with Gasteiger partial charge in [0.05, 0.1) is 0 Å². The monoisotopic (exact) mass is 288 g/mol. The van der Waals surface area contributed by atoms with Crippen molar-refractivity contribution in [1.29, 1.82) is 0 Å². The summed E-state index contributed by atoms with van der Waals surface area (Å²) in [4.78, 5) is 11.6. The summed E-state index contributed by atoms with van der Waals surface area (Å²) in [5.41, 5.74) is 0.868. The molecular weight excluding hydrogens is 260 g/mol. The lowest BCUT2D eigenvalue weighted by atomic mass is 9.51. The zero-order valence-corrected chi connectivity index (χ0v) is 13.8. The molecule has 0 amide bonds. The van der Waals surface area contributed by atoms with E-state index in [-0.39, 0.29) is 12.1 Å². The zero-order valence-electron chi connectivity index (χ0n) is 13.8. The molecule has 0 aromatic rings. The molecule has 0 saturated heterocycles. The third kappa shape index (κ3) is 1.47. The van der Waals surface area contributed by atoms with Crippen LogP contribution in [0.1, 0.15) is 47.0 Å². The average molecular weight is 288 g/mol. The molecule has 2 heteroatoms. The molecule has 0 spiro atoms. The van der Waals surface area contributed by atoms with Gasteiger partial charge in [0.15, 0.2) is 0 Å². The van der Waals surface area contributed by atoms with Crippen molar-refractivity contribution in [3.8, 4) is 0 Å². The van der Waals surface area contributed by atoms with Crippen molar-refractivity contribution < 1.29 is 9.53 Å². The Morgan fingerprint density at radius 1 is 1.05 bits per heavy atom. The molecule has 0 radical (unpaired) electrons. The Morgan fingerprint density at radius 2 is 1.67 bits per heavy atom. The number of ether oxygens (including phenoxy) is 1. The molecular formula is C19H28O2. The van der Waals surface area contributed by atoms with E-state index < -0.39 is 0 Å². The molecule has 4 fully saturated rings. The molecule has 4 aliphatic rings. The lowest BCUT2D eigenvalue weighted by Gasteiger charge is -2.53. The van der Waals surface area contributed by atoms with Gasteiger partial charge < -0.3 is 4.74 Å². The molecule has 4 aliphatic carbocycles. The van der Waals surface area contributed by atoms with Gasteiger partial charge in [-0.25, -0.2) is 4.79 Å². The summed E-state index contributed by atoms with van der Waals surface area (Å²) in [6.45, 7) is 13.5. The molecule has 7 unspecified atom stereocenters. The summed E-state index contributed by atoms with van der Waals surface area (Å²) in [6, 6.07) is 0. The van der Waals surface area contributed by atoms with Crippen molar-refractivity contribution in [2.45, 2.75) is 53.1 Å². The summed E-state index contributed by atoms with van der Waals surface area (Å²) in [5, 5.41) is 0. The van der Waals surface area contributed by atoms with Gasteiger partial charge in [0, 0.05) is 6.08 Å². The van der Waals surface area contributed by atoms with Crippen LogP contribution in [0.2, 0.25) is 0 Å². The van der Waals surface area contributed by atoms with Crippen molar-refractivity contribution in [3.63, 3.8) is 0 Å². The fraction of sp³-hybridized carbons (Fsp3) is 0.842. The highest BCUT2D eigenvalue weighted by Gasteiger charge is 2.72. The molecule has 0 aliphatic heterocycles. The molecule has 7 atom stereocenters. The molecule has 0 aromatic heterocycles. The predicted octanol–water partition coefficient (Wildman–Crippen LogP) is 4.06. The second-order valence-electron chi connectivity index (χ2n) is 9.12. The van der Waals surface area contributed by atoms with Gasteiger partial charge in [-0.3, -0.25) is 0 Å². The summed E-state index contributed by atoms with van der Waals surface area (Å²) >= 11 is 0. The Labute approximate surface area is 128 Å². The summed E-state index contributed by atoms with van der Waals surface area (Å²) in [6.07, 6.45) is 5.29. The van der Waals surface area contributed by atoms with Crippen molar-refractivity contribution in [3.05, 3.63) is 12.7 Å². The summed E-state index contributed by atoms with van der Waals surface area (Å²) in [7, 11) is 0. The first kappa shape index (κ1) is 13.8. The Morgan fingerprint density at radius 3 is 2.29 bits per heavy atom. The van der Waals surface area contributed by atoms with Gasteiger partial charge in [-0.2, -0.15) is 0 Å². The number of rotatable bonds is 2. The average Bonchev–Trinajstić information content (AvgIpc) is 3.09. The van der Waals surface area contributed by atoms with Crippen LogP contribution in [0.15, 0.2) is 12.7 Å². The number of esters is 1. The lowest BCUT2D eigenvalue weighted by Crippen LogP contribution is -2.50. The highest BCUT2D eigenvalue weighted by Crippen LogP contribution is 2.77. The van der Waals surface area contributed by atoms with Crippen LogP contribution in [0.3, 0.4) is 0 Å². The summed E-state index contributed by atoms with van der Waals surface area (Å²) in [5.74, 6) is 4.60. The van der Waals surface area contributed by atoms with Gasteiger partial charge in [0.1, 0.15) is 6.10 Å². The first-order chi connectivity index (χ1) is 9.79. The maximum atomic E-state index is 11.6. The minimum absolute atomic E-state index is 0.167. The smallest absolute Gasteiger partial charge is 0.330 e. The number of hydrogen-bond acceptors (Lipinski definition) is 2. The van der Waals surface area contributed by atoms with E-state index >= 15 is 0 Å². The Bertz CT molecular complexity index is 504. The van der Waals surface area contributed by atoms with Crippen LogP contribution >= 0.6 is 0 Å². The van der Waals surface area contributed by atoms with E-state index in [1.807, 2.05) is 0 Å². The van der Waals surface area contributed by atoms with Gasteiger partial charge in [0.25, 0.3) is 0 Å². The molecule has 2 nitrogen and oxygen atoms in total. The highest BCUT2D eigenvalue weighted by atomic mass is 16.5. The van der Waals surface area contributed by atoms with Crippen LogP contribution in [0.4, 0.5) is 0 Å². The topological polar surface area (TPSA) is 26.3 Å². The Hall–Kier alpha value is -0.790. The van der Waals surface area contributed by atoms with Crippen LogP contribution in [0, 0.1) is 46.3 Å². The Balaban J connectivity index is 1.62.